The molecular weight excluding hydrogens is 339 g/mol. The van der Waals surface area contributed by atoms with Crippen LogP contribution in [0.1, 0.15) is 29.8 Å². The molecular formula is C16H16F3N3O3. The van der Waals surface area contributed by atoms with Crippen LogP contribution in [0.4, 0.5) is 13.2 Å². The normalized spacial score (nSPS) is 16.3. The number of rotatable bonds is 3. The summed E-state index contributed by atoms with van der Waals surface area (Å²) in [5.41, 5.74) is 0.759. The summed E-state index contributed by atoms with van der Waals surface area (Å²) in [6.45, 7) is 2.73. The predicted molar refractivity (Wildman–Crippen MR) is 83.3 cm³/mol. The summed E-state index contributed by atoms with van der Waals surface area (Å²) in [5.74, 6) is -0.279. The van der Waals surface area contributed by atoms with Crippen molar-refractivity contribution in [3.63, 3.8) is 0 Å². The molecule has 1 aliphatic rings. The predicted octanol–water partition coefficient (Wildman–Crippen LogP) is 2.08. The van der Waals surface area contributed by atoms with Crippen LogP contribution in [0.3, 0.4) is 0 Å². The van der Waals surface area contributed by atoms with Crippen molar-refractivity contribution in [1.29, 1.82) is 0 Å². The van der Waals surface area contributed by atoms with Crippen molar-refractivity contribution in [3.8, 4) is 5.75 Å². The second-order valence-electron chi connectivity index (χ2n) is 5.88. The first-order chi connectivity index (χ1) is 11.7. The van der Waals surface area contributed by atoms with Crippen LogP contribution in [0.15, 0.2) is 33.9 Å². The third-order valence-electron chi connectivity index (χ3n) is 4.26. The minimum atomic E-state index is -4.74. The Bertz CT molecular complexity index is 888. The molecule has 2 heterocycles. The van der Waals surface area contributed by atoms with Gasteiger partial charge in [-0.15, -0.1) is 13.2 Å². The number of ether oxygens (including phenoxy) is 1. The molecule has 0 aliphatic carbocycles. The monoisotopic (exact) mass is 355 g/mol. The van der Waals surface area contributed by atoms with Gasteiger partial charge in [0, 0.05) is 30.4 Å². The van der Waals surface area contributed by atoms with E-state index in [4.69, 9.17) is 0 Å². The topological polar surface area (TPSA) is 78.2 Å². The lowest BCUT2D eigenvalue weighted by molar-refractivity contribution is -0.274. The van der Waals surface area contributed by atoms with Gasteiger partial charge in [-0.1, -0.05) is 12.1 Å². The number of nitrogens with zero attached hydrogens (tertiary/aromatic N) is 1. The number of hydrogen-bond donors (Lipinski definition) is 2. The van der Waals surface area contributed by atoms with Crippen molar-refractivity contribution in [2.45, 2.75) is 32.3 Å². The highest BCUT2D eigenvalue weighted by Gasteiger charge is 2.31. The van der Waals surface area contributed by atoms with Gasteiger partial charge in [0.15, 0.2) is 0 Å². The van der Waals surface area contributed by atoms with E-state index >= 15 is 0 Å². The Morgan fingerprint density at radius 1 is 1.24 bits per heavy atom. The zero-order chi connectivity index (χ0) is 18.2. The highest BCUT2D eigenvalue weighted by atomic mass is 19.4. The summed E-state index contributed by atoms with van der Waals surface area (Å²) in [7, 11) is 0. The second-order valence-corrected chi connectivity index (χ2v) is 5.88. The summed E-state index contributed by atoms with van der Waals surface area (Å²) in [4.78, 5) is 30.0. The minimum Gasteiger partial charge on any atom is -0.406 e. The van der Waals surface area contributed by atoms with Crippen LogP contribution < -0.4 is 16.0 Å². The molecule has 2 N–H and O–H groups in total. The van der Waals surface area contributed by atoms with Gasteiger partial charge in [-0.3, -0.25) is 14.7 Å². The number of fused-ring (bicyclic) bond motifs is 1. The van der Waals surface area contributed by atoms with Gasteiger partial charge in [0.1, 0.15) is 5.75 Å². The van der Waals surface area contributed by atoms with Crippen LogP contribution in [-0.2, 0) is 13.0 Å². The Labute approximate surface area is 140 Å². The van der Waals surface area contributed by atoms with Crippen LogP contribution in [0.25, 0.3) is 0 Å². The fraction of sp³-hybridized carbons (Fsp3) is 0.375. The van der Waals surface area contributed by atoms with Crippen molar-refractivity contribution in [1.82, 2.24) is 14.9 Å². The molecule has 2 aromatic rings. The first-order valence-corrected chi connectivity index (χ1v) is 7.67. The van der Waals surface area contributed by atoms with Crippen LogP contribution >= 0.6 is 0 Å². The number of H-pyrrole nitrogens is 2. The molecule has 0 amide bonds. The van der Waals surface area contributed by atoms with Gasteiger partial charge in [-0.2, -0.15) is 0 Å². The zero-order valence-corrected chi connectivity index (χ0v) is 13.3. The molecule has 1 aromatic carbocycles. The zero-order valence-electron chi connectivity index (χ0n) is 13.3. The van der Waals surface area contributed by atoms with Gasteiger partial charge < -0.3 is 9.72 Å². The summed E-state index contributed by atoms with van der Waals surface area (Å²) in [6, 6.07) is 5.58. The molecule has 1 atom stereocenters. The van der Waals surface area contributed by atoms with E-state index in [0.717, 1.165) is 0 Å². The number of aromatic amines is 2. The SMILES string of the molecule is CC(c1cccc(OC(F)(F)F)c1)N1CCc2c([nH]c(=O)[nH]c2=O)C1. The summed E-state index contributed by atoms with van der Waals surface area (Å²) in [6.07, 6.45) is -4.29. The number of hydrogen-bond acceptors (Lipinski definition) is 4. The average molecular weight is 355 g/mol. The summed E-state index contributed by atoms with van der Waals surface area (Å²) >= 11 is 0. The molecule has 0 radical (unpaired) electrons. The van der Waals surface area contributed by atoms with Crippen molar-refractivity contribution < 1.29 is 17.9 Å². The number of alkyl halides is 3. The first kappa shape index (κ1) is 17.3. The smallest absolute Gasteiger partial charge is 0.406 e. The highest BCUT2D eigenvalue weighted by Crippen LogP contribution is 2.29. The fourth-order valence-corrected chi connectivity index (χ4v) is 3.01. The largest absolute Gasteiger partial charge is 0.573 e. The van der Waals surface area contributed by atoms with Gasteiger partial charge in [-0.25, -0.2) is 4.79 Å². The molecule has 25 heavy (non-hydrogen) atoms. The van der Waals surface area contributed by atoms with Crippen LogP contribution in [0.5, 0.6) is 5.75 Å². The second kappa shape index (κ2) is 6.40. The Balaban J connectivity index is 1.82. The molecule has 0 saturated carbocycles. The van der Waals surface area contributed by atoms with E-state index in [9.17, 15) is 22.8 Å². The van der Waals surface area contributed by atoms with Crippen molar-refractivity contribution in [2.24, 2.45) is 0 Å². The minimum absolute atomic E-state index is 0.215. The number of nitrogens with one attached hydrogen (secondary N) is 2. The molecule has 1 aromatic heterocycles. The lowest BCUT2D eigenvalue weighted by Gasteiger charge is -2.33. The van der Waals surface area contributed by atoms with Gasteiger partial charge in [0.05, 0.1) is 0 Å². The van der Waals surface area contributed by atoms with E-state index in [2.05, 4.69) is 14.7 Å². The van der Waals surface area contributed by atoms with E-state index in [-0.39, 0.29) is 11.8 Å². The van der Waals surface area contributed by atoms with Crippen LogP contribution in [0, 0.1) is 0 Å². The van der Waals surface area contributed by atoms with E-state index in [1.165, 1.54) is 18.2 Å². The lowest BCUT2D eigenvalue weighted by Crippen LogP contribution is -2.39. The van der Waals surface area contributed by atoms with Gasteiger partial charge in [0.2, 0.25) is 0 Å². The molecule has 3 rings (SSSR count). The van der Waals surface area contributed by atoms with Gasteiger partial charge >= 0.3 is 12.1 Å². The Hall–Kier alpha value is -2.55. The lowest BCUT2D eigenvalue weighted by atomic mass is 10.0. The quantitative estimate of drug-likeness (QED) is 0.884. The standard InChI is InChI=1S/C16H16F3N3O3/c1-9(10-3-2-4-11(7-10)25-16(17,18)19)22-6-5-12-13(8-22)20-15(24)21-14(12)23/h2-4,7,9H,5-6,8H2,1H3,(H2,20,21,23,24). The Morgan fingerprint density at radius 2 is 2.00 bits per heavy atom. The summed E-state index contributed by atoms with van der Waals surface area (Å²) in [5, 5.41) is 0. The van der Waals surface area contributed by atoms with E-state index in [0.29, 0.717) is 36.3 Å². The molecule has 0 spiro atoms. The average Bonchev–Trinajstić information content (AvgIpc) is 2.52. The molecule has 0 saturated heterocycles. The Kier molecular flexibility index (Phi) is 4.42. The maximum Gasteiger partial charge on any atom is 0.573 e. The van der Waals surface area contributed by atoms with Crippen LogP contribution in [0.2, 0.25) is 0 Å². The molecule has 0 fully saturated rings. The van der Waals surface area contributed by atoms with Gasteiger partial charge in [0.25, 0.3) is 5.56 Å². The molecule has 6 nitrogen and oxygen atoms in total. The number of benzene rings is 1. The number of halogens is 3. The summed E-state index contributed by atoms with van der Waals surface area (Å²) < 4.78 is 41.1. The Morgan fingerprint density at radius 3 is 2.72 bits per heavy atom. The van der Waals surface area contributed by atoms with Crippen molar-refractivity contribution >= 4 is 0 Å². The first-order valence-electron chi connectivity index (χ1n) is 7.67. The molecule has 1 aliphatic heterocycles. The highest BCUT2D eigenvalue weighted by molar-refractivity contribution is 5.31. The van der Waals surface area contributed by atoms with Gasteiger partial charge in [-0.05, 0) is 31.0 Å². The van der Waals surface area contributed by atoms with E-state index < -0.39 is 17.6 Å². The maximum atomic E-state index is 12.4. The fourth-order valence-electron chi connectivity index (χ4n) is 3.01. The maximum absolute atomic E-state index is 12.4. The van der Waals surface area contributed by atoms with E-state index in [1.54, 1.807) is 6.07 Å². The van der Waals surface area contributed by atoms with Crippen molar-refractivity contribution in [2.75, 3.05) is 6.54 Å². The van der Waals surface area contributed by atoms with E-state index in [1.807, 2.05) is 11.8 Å². The number of aromatic nitrogens is 2. The van der Waals surface area contributed by atoms with Crippen LogP contribution in [-0.4, -0.2) is 27.8 Å². The third-order valence-corrected chi connectivity index (χ3v) is 4.26. The molecule has 1 unspecified atom stereocenters. The molecule has 0 bridgehead atoms. The van der Waals surface area contributed by atoms with Crippen molar-refractivity contribution in [3.05, 3.63) is 61.9 Å². The molecule has 9 heteroatoms. The third kappa shape index (κ3) is 3.93. The molecule has 134 valence electrons.